The van der Waals surface area contributed by atoms with E-state index in [1.165, 1.54) is 12.1 Å². The maximum Gasteiger partial charge on any atom is 0.204 e. The lowest BCUT2D eigenvalue weighted by molar-refractivity contribution is 0.628. The molecule has 0 saturated heterocycles. The van der Waals surface area contributed by atoms with E-state index in [9.17, 15) is 4.39 Å². The summed E-state index contributed by atoms with van der Waals surface area (Å²) in [5.41, 5.74) is 1.73. The fourth-order valence-corrected chi connectivity index (χ4v) is 1.74. The van der Waals surface area contributed by atoms with Gasteiger partial charge in [-0.2, -0.15) is 0 Å². The van der Waals surface area contributed by atoms with Gasteiger partial charge in [0.25, 0.3) is 0 Å². The SMILES string of the molecule is Fc1ccc2nc3n(c2c1)CCN3. The van der Waals surface area contributed by atoms with Crippen LogP contribution in [-0.2, 0) is 6.54 Å². The van der Waals surface area contributed by atoms with Crippen LogP contribution in [0.15, 0.2) is 18.2 Å². The number of nitrogens with one attached hydrogen (secondary N) is 1. The lowest BCUT2D eigenvalue weighted by atomic mass is 10.3. The highest BCUT2D eigenvalue weighted by molar-refractivity contribution is 5.79. The minimum atomic E-state index is -0.206. The third-order valence-electron chi connectivity index (χ3n) is 2.33. The Kier molecular flexibility index (Phi) is 1.17. The average Bonchev–Trinajstić information content (AvgIpc) is 2.64. The van der Waals surface area contributed by atoms with E-state index in [1.54, 1.807) is 6.07 Å². The normalized spacial score (nSPS) is 14.5. The summed E-state index contributed by atoms with van der Waals surface area (Å²) in [6.07, 6.45) is 0. The molecule has 13 heavy (non-hydrogen) atoms. The molecule has 3 nitrogen and oxygen atoms in total. The molecule has 2 heterocycles. The van der Waals surface area contributed by atoms with Crippen LogP contribution in [0.5, 0.6) is 0 Å². The number of rotatable bonds is 0. The van der Waals surface area contributed by atoms with Gasteiger partial charge < -0.3 is 9.88 Å². The first-order valence-electron chi connectivity index (χ1n) is 4.24. The lowest BCUT2D eigenvalue weighted by Gasteiger charge is -1.95. The van der Waals surface area contributed by atoms with E-state index in [0.29, 0.717) is 0 Å². The predicted molar refractivity (Wildman–Crippen MR) is 48.2 cm³/mol. The van der Waals surface area contributed by atoms with Crippen LogP contribution in [0.4, 0.5) is 10.3 Å². The van der Waals surface area contributed by atoms with Crippen LogP contribution in [0.1, 0.15) is 0 Å². The van der Waals surface area contributed by atoms with E-state index in [2.05, 4.69) is 10.3 Å². The minimum absolute atomic E-state index is 0.206. The second kappa shape index (κ2) is 2.22. The number of anilines is 1. The van der Waals surface area contributed by atoms with Crippen molar-refractivity contribution in [2.45, 2.75) is 6.54 Å². The van der Waals surface area contributed by atoms with Gasteiger partial charge in [-0.15, -0.1) is 0 Å². The van der Waals surface area contributed by atoms with E-state index >= 15 is 0 Å². The highest BCUT2D eigenvalue weighted by atomic mass is 19.1. The Hall–Kier alpha value is -1.58. The number of nitrogens with zero attached hydrogens (tertiary/aromatic N) is 2. The average molecular weight is 177 g/mol. The standard InChI is InChI=1S/C9H8FN3/c10-6-1-2-7-8(5-6)13-4-3-11-9(13)12-7/h1-2,5H,3-4H2,(H,11,12). The van der Waals surface area contributed by atoms with Crippen molar-refractivity contribution in [3.8, 4) is 0 Å². The van der Waals surface area contributed by atoms with Crippen LogP contribution < -0.4 is 5.32 Å². The van der Waals surface area contributed by atoms with Gasteiger partial charge in [0.15, 0.2) is 0 Å². The first-order valence-corrected chi connectivity index (χ1v) is 4.24. The van der Waals surface area contributed by atoms with Crippen LogP contribution in [-0.4, -0.2) is 16.1 Å². The summed E-state index contributed by atoms with van der Waals surface area (Å²) < 4.78 is 14.9. The van der Waals surface area contributed by atoms with Crippen LogP contribution in [0.2, 0.25) is 0 Å². The van der Waals surface area contributed by atoms with Gasteiger partial charge in [0.05, 0.1) is 11.0 Å². The molecule has 1 aliphatic heterocycles. The topological polar surface area (TPSA) is 29.9 Å². The number of benzene rings is 1. The van der Waals surface area contributed by atoms with E-state index in [4.69, 9.17) is 0 Å². The van der Waals surface area contributed by atoms with Crippen molar-refractivity contribution in [3.63, 3.8) is 0 Å². The summed E-state index contributed by atoms with van der Waals surface area (Å²) >= 11 is 0. The van der Waals surface area contributed by atoms with Gasteiger partial charge in [0.1, 0.15) is 5.82 Å². The molecule has 1 aromatic heterocycles. The molecular weight excluding hydrogens is 169 g/mol. The summed E-state index contributed by atoms with van der Waals surface area (Å²) in [5, 5.41) is 3.14. The number of hydrogen-bond acceptors (Lipinski definition) is 2. The van der Waals surface area contributed by atoms with Crippen LogP contribution in [0.25, 0.3) is 11.0 Å². The molecule has 0 fully saturated rings. The molecule has 0 saturated carbocycles. The second-order valence-corrected chi connectivity index (χ2v) is 3.15. The minimum Gasteiger partial charge on any atom is -0.354 e. The van der Waals surface area contributed by atoms with Gasteiger partial charge in [-0.1, -0.05) is 0 Å². The van der Waals surface area contributed by atoms with Crippen molar-refractivity contribution in [2.75, 3.05) is 11.9 Å². The molecule has 0 amide bonds. The largest absolute Gasteiger partial charge is 0.354 e. The summed E-state index contributed by atoms with van der Waals surface area (Å²) in [5.74, 6) is 0.641. The highest BCUT2D eigenvalue weighted by Gasteiger charge is 2.15. The number of halogens is 1. The van der Waals surface area contributed by atoms with Crippen LogP contribution >= 0.6 is 0 Å². The third-order valence-corrected chi connectivity index (χ3v) is 2.33. The zero-order valence-electron chi connectivity index (χ0n) is 6.92. The Morgan fingerprint density at radius 3 is 3.31 bits per heavy atom. The molecule has 1 aliphatic rings. The maximum atomic E-state index is 12.9. The molecule has 0 atom stereocenters. The lowest BCUT2D eigenvalue weighted by Crippen LogP contribution is -1.94. The summed E-state index contributed by atoms with van der Waals surface area (Å²) in [7, 11) is 0. The number of aromatic nitrogens is 2. The Morgan fingerprint density at radius 1 is 1.46 bits per heavy atom. The van der Waals surface area contributed by atoms with Crippen molar-refractivity contribution < 1.29 is 4.39 Å². The summed E-state index contributed by atoms with van der Waals surface area (Å²) in [6, 6.07) is 4.67. The molecule has 2 aromatic rings. The van der Waals surface area contributed by atoms with E-state index in [1.807, 2.05) is 4.57 Å². The number of imidazole rings is 1. The zero-order chi connectivity index (χ0) is 8.84. The monoisotopic (exact) mass is 177 g/mol. The Morgan fingerprint density at radius 2 is 2.38 bits per heavy atom. The highest BCUT2D eigenvalue weighted by Crippen LogP contribution is 2.23. The zero-order valence-corrected chi connectivity index (χ0v) is 6.92. The summed E-state index contributed by atoms with van der Waals surface area (Å²) in [6.45, 7) is 1.75. The van der Waals surface area contributed by atoms with E-state index in [0.717, 1.165) is 30.1 Å². The first-order chi connectivity index (χ1) is 6.34. The van der Waals surface area contributed by atoms with Crippen molar-refractivity contribution in [2.24, 2.45) is 0 Å². The Balaban J connectivity index is 2.40. The van der Waals surface area contributed by atoms with Crippen molar-refractivity contribution in [3.05, 3.63) is 24.0 Å². The van der Waals surface area contributed by atoms with Gasteiger partial charge in [-0.05, 0) is 18.2 Å². The molecule has 0 spiro atoms. The van der Waals surface area contributed by atoms with Crippen LogP contribution in [0, 0.1) is 5.82 Å². The van der Waals surface area contributed by atoms with Gasteiger partial charge in [0.2, 0.25) is 5.95 Å². The smallest absolute Gasteiger partial charge is 0.204 e. The number of hydrogen-bond donors (Lipinski definition) is 1. The molecule has 66 valence electrons. The summed E-state index contributed by atoms with van der Waals surface area (Å²) in [4.78, 5) is 4.32. The fourth-order valence-electron chi connectivity index (χ4n) is 1.74. The quantitative estimate of drug-likeness (QED) is 0.662. The Labute approximate surface area is 74.2 Å². The molecule has 0 unspecified atom stereocenters. The number of fused-ring (bicyclic) bond motifs is 3. The van der Waals surface area contributed by atoms with Crippen molar-refractivity contribution in [1.29, 1.82) is 0 Å². The molecular formula is C9H8FN3. The molecule has 4 heteroatoms. The van der Waals surface area contributed by atoms with Crippen molar-refractivity contribution in [1.82, 2.24) is 9.55 Å². The Bertz CT molecular complexity index is 475. The van der Waals surface area contributed by atoms with Gasteiger partial charge in [-0.25, -0.2) is 9.37 Å². The van der Waals surface area contributed by atoms with Crippen LogP contribution in [0.3, 0.4) is 0 Å². The maximum absolute atomic E-state index is 12.9. The predicted octanol–water partition coefficient (Wildman–Crippen LogP) is 1.60. The van der Waals surface area contributed by atoms with Gasteiger partial charge in [0, 0.05) is 13.1 Å². The van der Waals surface area contributed by atoms with E-state index in [-0.39, 0.29) is 5.82 Å². The molecule has 0 radical (unpaired) electrons. The second-order valence-electron chi connectivity index (χ2n) is 3.15. The van der Waals surface area contributed by atoms with Crippen molar-refractivity contribution >= 4 is 17.0 Å². The molecule has 1 aromatic carbocycles. The molecule has 1 N–H and O–H groups in total. The first kappa shape index (κ1) is 6.88. The van der Waals surface area contributed by atoms with Gasteiger partial charge >= 0.3 is 0 Å². The fraction of sp³-hybridized carbons (Fsp3) is 0.222. The molecule has 3 rings (SSSR count). The van der Waals surface area contributed by atoms with E-state index < -0.39 is 0 Å². The van der Waals surface area contributed by atoms with Gasteiger partial charge in [-0.3, -0.25) is 0 Å². The molecule has 0 aliphatic carbocycles. The third kappa shape index (κ3) is 0.854. The molecule has 0 bridgehead atoms.